The Morgan fingerprint density at radius 3 is 2.39 bits per heavy atom. The summed E-state index contributed by atoms with van der Waals surface area (Å²) < 4.78 is 5.20. The van der Waals surface area contributed by atoms with Crippen molar-refractivity contribution in [3.8, 4) is 0 Å². The largest absolute Gasteiger partial charge is 0.465 e. The molecule has 0 aromatic rings. The van der Waals surface area contributed by atoms with E-state index in [1.165, 1.54) is 16.7 Å². The summed E-state index contributed by atoms with van der Waals surface area (Å²) in [6.07, 6.45) is 8.44. The van der Waals surface area contributed by atoms with Crippen LogP contribution in [0, 0.1) is 11.3 Å². The lowest BCUT2D eigenvalue weighted by Crippen LogP contribution is -2.68. The van der Waals surface area contributed by atoms with Crippen molar-refractivity contribution in [2.24, 2.45) is 11.3 Å². The van der Waals surface area contributed by atoms with E-state index in [1.807, 2.05) is 0 Å². The quantitative estimate of drug-likeness (QED) is 0.441. The van der Waals surface area contributed by atoms with E-state index < -0.39 is 35.2 Å². The van der Waals surface area contributed by atoms with E-state index in [0.29, 0.717) is 43.8 Å². The van der Waals surface area contributed by atoms with Crippen LogP contribution in [-0.4, -0.2) is 76.0 Å². The topological polar surface area (TPSA) is 104 Å². The molecule has 2 bridgehead atoms. The van der Waals surface area contributed by atoms with Crippen LogP contribution in [0.3, 0.4) is 0 Å². The number of nitrogens with zero attached hydrogens (tertiary/aromatic N) is 3. The van der Waals surface area contributed by atoms with E-state index in [-0.39, 0.29) is 25.0 Å². The Morgan fingerprint density at radius 1 is 1.03 bits per heavy atom. The Bertz CT molecular complexity index is 932. The highest BCUT2D eigenvalue weighted by Crippen LogP contribution is 2.43. The van der Waals surface area contributed by atoms with Crippen LogP contribution in [-0.2, 0) is 28.7 Å². The van der Waals surface area contributed by atoms with Gasteiger partial charge in [-0.05, 0) is 50.9 Å². The van der Waals surface area contributed by atoms with Crippen molar-refractivity contribution in [1.82, 2.24) is 14.7 Å². The minimum absolute atomic E-state index is 0.00322. The molecule has 2 aliphatic carbocycles. The lowest BCUT2D eigenvalue weighted by Gasteiger charge is -2.52. The highest BCUT2D eigenvalue weighted by Gasteiger charge is 2.54. The van der Waals surface area contributed by atoms with E-state index >= 15 is 0 Å². The molecule has 2 saturated heterocycles. The molecular formula is C24H31N3O6. The maximum atomic E-state index is 13.7. The van der Waals surface area contributed by atoms with E-state index in [9.17, 15) is 24.0 Å². The smallest absolute Gasteiger partial charge is 0.302 e. The van der Waals surface area contributed by atoms with Crippen molar-refractivity contribution in [3.63, 3.8) is 0 Å². The maximum Gasteiger partial charge on any atom is 0.302 e. The second-order valence-corrected chi connectivity index (χ2v) is 10.2. The van der Waals surface area contributed by atoms with Gasteiger partial charge in [0, 0.05) is 19.7 Å². The predicted octanol–water partition coefficient (Wildman–Crippen LogP) is 1.36. The third-order valence-corrected chi connectivity index (χ3v) is 7.91. The fourth-order valence-electron chi connectivity index (χ4n) is 5.89. The zero-order valence-corrected chi connectivity index (χ0v) is 19.1. The zero-order chi connectivity index (χ0) is 23.3. The maximum absolute atomic E-state index is 13.7. The molecule has 9 nitrogen and oxygen atoms in total. The number of piperazine rings is 1. The number of Topliss-reactive ketones (excluding diaryl/α,β-unsaturated/α-hetero) is 1. The van der Waals surface area contributed by atoms with Crippen molar-refractivity contribution in [2.75, 3.05) is 19.7 Å². The second-order valence-electron chi connectivity index (χ2n) is 10.2. The number of carbonyl (C=O) groups excluding carboxylic acids is 5. The van der Waals surface area contributed by atoms with Gasteiger partial charge in [-0.15, -0.1) is 0 Å². The molecule has 0 N–H and O–H groups in total. The Balaban J connectivity index is 1.44. The number of rotatable bonds is 6. The van der Waals surface area contributed by atoms with Gasteiger partial charge in [0.1, 0.15) is 19.2 Å². The van der Waals surface area contributed by atoms with Crippen LogP contribution in [0.15, 0.2) is 11.9 Å². The molecule has 0 spiro atoms. The average molecular weight is 458 g/mol. The van der Waals surface area contributed by atoms with E-state index in [1.54, 1.807) is 11.1 Å². The van der Waals surface area contributed by atoms with Crippen LogP contribution in [0.5, 0.6) is 0 Å². The van der Waals surface area contributed by atoms with Crippen molar-refractivity contribution < 1.29 is 28.7 Å². The standard InChI is InChI=1S/C24H31N3O6/c1-15(28)33-14-24(9-2-3-10-24)21(30)23(32)27-17-5-4-6-18(27)22(31)26-13-20(29)25(12-19(17)26)11-16-7-8-16/h12,16-18H,2-11,13-14H2,1H3. The number of fused-ring (bicyclic) bond motifs is 4. The van der Waals surface area contributed by atoms with Crippen LogP contribution in [0.25, 0.3) is 0 Å². The van der Waals surface area contributed by atoms with Gasteiger partial charge in [0.05, 0.1) is 17.2 Å². The van der Waals surface area contributed by atoms with Crippen LogP contribution in [0.4, 0.5) is 0 Å². The lowest BCUT2D eigenvalue weighted by atomic mass is 9.80. The number of ether oxygens (including phenoxy) is 1. The number of hydrogen-bond acceptors (Lipinski definition) is 6. The van der Waals surface area contributed by atoms with Gasteiger partial charge in [-0.1, -0.05) is 12.8 Å². The molecule has 5 rings (SSSR count). The zero-order valence-electron chi connectivity index (χ0n) is 19.1. The summed E-state index contributed by atoms with van der Waals surface area (Å²) in [6, 6.07) is -1.13. The highest BCUT2D eigenvalue weighted by molar-refractivity contribution is 6.38. The molecule has 2 unspecified atom stereocenters. The average Bonchev–Trinajstić information content (AvgIpc) is 3.49. The fourth-order valence-corrected chi connectivity index (χ4v) is 5.89. The van der Waals surface area contributed by atoms with Gasteiger partial charge >= 0.3 is 5.97 Å². The summed E-state index contributed by atoms with van der Waals surface area (Å²) in [4.78, 5) is 69.3. The first-order valence-electron chi connectivity index (χ1n) is 12.1. The highest BCUT2D eigenvalue weighted by atomic mass is 16.5. The minimum atomic E-state index is -1.01. The molecule has 2 saturated carbocycles. The monoisotopic (exact) mass is 457 g/mol. The number of esters is 1. The van der Waals surface area contributed by atoms with Gasteiger partial charge in [-0.25, -0.2) is 0 Å². The molecule has 178 valence electrons. The van der Waals surface area contributed by atoms with Gasteiger partial charge in [0.25, 0.3) is 5.91 Å². The van der Waals surface area contributed by atoms with Crippen molar-refractivity contribution >= 4 is 29.5 Å². The molecule has 3 aliphatic heterocycles. The summed E-state index contributed by atoms with van der Waals surface area (Å²) in [7, 11) is 0. The number of piperidine rings is 1. The molecule has 0 radical (unpaired) electrons. The Morgan fingerprint density at radius 2 is 1.73 bits per heavy atom. The molecule has 3 amide bonds. The van der Waals surface area contributed by atoms with Crippen molar-refractivity contribution in [1.29, 1.82) is 0 Å². The molecule has 4 fully saturated rings. The van der Waals surface area contributed by atoms with Gasteiger partial charge < -0.3 is 19.4 Å². The molecule has 3 heterocycles. The number of hydrogen-bond donors (Lipinski definition) is 0. The summed E-state index contributed by atoms with van der Waals surface area (Å²) in [5.74, 6) is -1.56. The van der Waals surface area contributed by atoms with Crippen LogP contribution in [0.1, 0.15) is 64.7 Å². The third-order valence-electron chi connectivity index (χ3n) is 7.91. The molecule has 5 aliphatic rings. The molecule has 0 aromatic carbocycles. The van der Waals surface area contributed by atoms with E-state index in [2.05, 4.69) is 0 Å². The van der Waals surface area contributed by atoms with Gasteiger partial charge in [0.15, 0.2) is 0 Å². The minimum Gasteiger partial charge on any atom is -0.465 e. The van der Waals surface area contributed by atoms with Crippen LogP contribution >= 0.6 is 0 Å². The molecule has 9 heteroatoms. The summed E-state index contributed by atoms with van der Waals surface area (Å²) >= 11 is 0. The second kappa shape index (κ2) is 8.25. The van der Waals surface area contributed by atoms with Crippen molar-refractivity contribution in [2.45, 2.75) is 76.8 Å². The predicted molar refractivity (Wildman–Crippen MR) is 115 cm³/mol. The van der Waals surface area contributed by atoms with Crippen LogP contribution < -0.4 is 0 Å². The summed E-state index contributed by atoms with van der Waals surface area (Å²) in [6.45, 7) is 1.83. The number of ketones is 1. The van der Waals surface area contributed by atoms with E-state index in [0.717, 1.165) is 32.1 Å². The summed E-state index contributed by atoms with van der Waals surface area (Å²) in [5.41, 5.74) is -0.357. The fraction of sp³-hybridized carbons (Fsp3) is 0.708. The van der Waals surface area contributed by atoms with Crippen LogP contribution in [0.2, 0.25) is 0 Å². The van der Waals surface area contributed by atoms with E-state index in [4.69, 9.17) is 4.74 Å². The number of amides is 3. The first-order chi connectivity index (χ1) is 15.8. The lowest BCUT2D eigenvalue weighted by molar-refractivity contribution is -0.165. The molecule has 2 atom stereocenters. The Kier molecular flexibility index (Phi) is 5.53. The van der Waals surface area contributed by atoms with Gasteiger partial charge in [-0.3, -0.25) is 24.0 Å². The normalized spacial score (nSPS) is 28.4. The van der Waals surface area contributed by atoms with Crippen molar-refractivity contribution in [3.05, 3.63) is 11.9 Å². The third kappa shape index (κ3) is 3.85. The Hall–Kier alpha value is -2.71. The molecular weight excluding hydrogens is 426 g/mol. The Labute approximate surface area is 193 Å². The first kappa shape index (κ1) is 22.1. The SMILES string of the molecule is CC(=O)OCC1(C(=O)C(=O)N2C3CCCC2C2=CN(CC4CC4)C(=O)CN2C3=O)CCCC1. The van der Waals surface area contributed by atoms with Gasteiger partial charge in [-0.2, -0.15) is 0 Å². The number of carbonyl (C=O) groups is 5. The first-order valence-corrected chi connectivity index (χ1v) is 12.1. The molecule has 0 aromatic heterocycles. The molecule has 33 heavy (non-hydrogen) atoms. The summed E-state index contributed by atoms with van der Waals surface area (Å²) in [5, 5.41) is 0. The van der Waals surface area contributed by atoms with Gasteiger partial charge in [0.2, 0.25) is 17.6 Å².